The van der Waals surface area contributed by atoms with Crippen LogP contribution in [0.3, 0.4) is 0 Å². The molecule has 2 aromatic rings. The number of anilines is 1. The second-order valence-corrected chi connectivity index (χ2v) is 4.49. The Labute approximate surface area is 110 Å². The van der Waals surface area contributed by atoms with E-state index in [-0.39, 0.29) is 6.04 Å². The Bertz CT molecular complexity index is 550. The van der Waals surface area contributed by atoms with Gasteiger partial charge in [-0.2, -0.15) is 0 Å². The average Bonchev–Trinajstić information content (AvgIpc) is 2.46. The minimum absolute atomic E-state index is 0.114. The van der Waals surface area contributed by atoms with Gasteiger partial charge in [0.2, 0.25) is 5.95 Å². The van der Waals surface area contributed by atoms with Gasteiger partial charge in [-0.15, -0.1) is 21.8 Å². The van der Waals surface area contributed by atoms with Crippen LogP contribution in [0.1, 0.15) is 0 Å². The smallest absolute Gasteiger partial charge is 0.246 e. The van der Waals surface area contributed by atoms with Crippen molar-refractivity contribution in [3.05, 3.63) is 24.3 Å². The quantitative estimate of drug-likeness (QED) is 0.769. The zero-order chi connectivity index (χ0) is 12.4. The number of fused-ring (bicyclic) bond motifs is 1. The molecule has 6 heteroatoms. The first kappa shape index (κ1) is 11.6. The number of hydrogen-bond acceptors (Lipinski definition) is 5. The highest BCUT2D eigenvalue weighted by atomic mass is 35.5. The molecule has 5 nitrogen and oxygen atoms in total. The number of benzene rings is 1. The van der Waals surface area contributed by atoms with Gasteiger partial charge in [-0.05, 0) is 12.1 Å². The number of rotatable bonds is 2. The Morgan fingerprint density at radius 3 is 2.94 bits per heavy atom. The van der Waals surface area contributed by atoms with Gasteiger partial charge in [0, 0.05) is 12.4 Å². The van der Waals surface area contributed by atoms with E-state index in [1.807, 2.05) is 24.3 Å². The molecule has 0 radical (unpaired) electrons. The molecular formula is C12H13ClN4O. The first-order chi connectivity index (χ1) is 8.88. The third-order valence-electron chi connectivity index (χ3n) is 3.01. The SMILES string of the molecule is ClCC1COCCN1c1nnc2ccccc2n1. The molecule has 2 heterocycles. The standard InChI is InChI=1S/C12H13ClN4O/c13-7-9-8-18-6-5-17(9)12-14-10-3-1-2-4-11(10)15-16-12/h1-4,9H,5-8H2. The van der Waals surface area contributed by atoms with Gasteiger partial charge >= 0.3 is 0 Å². The zero-order valence-corrected chi connectivity index (χ0v) is 10.5. The maximum absolute atomic E-state index is 5.95. The number of aromatic nitrogens is 3. The summed E-state index contributed by atoms with van der Waals surface area (Å²) in [6, 6.07) is 7.82. The molecule has 0 saturated carbocycles. The summed E-state index contributed by atoms with van der Waals surface area (Å²) < 4.78 is 5.41. The fourth-order valence-corrected chi connectivity index (χ4v) is 2.30. The van der Waals surface area contributed by atoms with Crippen LogP contribution in [0.2, 0.25) is 0 Å². The summed E-state index contributed by atoms with van der Waals surface area (Å²) in [6.45, 7) is 2.03. The van der Waals surface area contributed by atoms with E-state index in [0.29, 0.717) is 25.0 Å². The van der Waals surface area contributed by atoms with Crippen molar-refractivity contribution >= 4 is 28.6 Å². The summed E-state index contributed by atoms with van der Waals surface area (Å²) in [7, 11) is 0. The van der Waals surface area contributed by atoms with E-state index >= 15 is 0 Å². The van der Waals surface area contributed by atoms with Gasteiger partial charge in [0.15, 0.2) is 0 Å². The van der Waals surface area contributed by atoms with Gasteiger partial charge in [0.05, 0.1) is 24.8 Å². The molecular weight excluding hydrogens is 252 g/mol. The predicted molar refractivity (Wildman–Crippen MR) is 70.0 cm³/mol. The predicted octanol–water partition coefficient (Wildman–Crippen LogP) is 1.47. The third-order valence-corrected chi connectivity index (χ3v) is 3.37. The molecule has 1 unspecified atom stereocenters. The minimum Gasteiger partial charge on any atom is -0.377 e. The number of halogens is 1. The van der Waals surface area contributed by atoms with E-state index in [9.17, 15) is 0 Å². The molecule has 1 aliphatic heterocycles. The van der Waals surface area contributed by atoms with Crippen molar-refractivity contribution < 1.29 is 4.74 Å². The van der Waals surface area contributed by atoms with Crippen molar-refractivity contribution in [1.82, 2.24) is 15.2 Å². The lowest BCUT2D eigenvalue weighted by molar-refractivity contribution is 0.0989. The van der Waals surface area contributed by atoms with Crippen LogP contribution in [0.5, 0.6) is 0 Å². The lowest BCUT2D eigenvalue weighted by Crippen LogP contribution is -2.47. The fourth-order valence-electron chi connectivity index (χ4n) is 2.04. The summed E-state index contributed by atoms with van der Waals surface area (Å²) in [5, 5.41) is 8.37. The molecule has 0 spiro atoms. The molecule has 1 aliphatic rings. The van der Waals surface area contributed by atoms with Gasteiger partial charge in [-0.1, -0.05) is 12.1 Å². The molecule has 1 fully saturated rings. The van der Waals surface area contributed by atoms with Gasteiger partial charge in [-0.3, -0.25) is 0 Å². The highest BCUT2D eigenvalue weighted by Gasteiger charge is 2.24. The Morgan fingerprint density at radius 2 is 2.11 bits per heavy atom. The molecule has 1 aromatic carbocycles. The van der Waals surface area contributed by atoms with E-state index in [2.05, 4.69) is 20.1 Å². The van der Waals surface area contributed by atoms with Gasteiger partial charge < -0.3 is 9.64 Å². The van der Waals surface area contributed by atoms with Crippen LogP contribution in [0.15, 0.2) is 24.3 Å². The summed E-state index contributed by atoms with van der Waals surface area (Å²) in [5.74, 6) is 1.12. The lowest BCUT2D eigenvalue weighted by Gasteiger charge is -2.34. The zero-order valence-electron chi connectivity index (χ0n) is 9.79. The summed E-state index contributed by atoms with van der Waals surface area (Å²) in [5.41, 5.74) is 1.65. The van der Waals surface area contributed by atoms with Crippen molar-refractivity contribution in [2.75, 3.05) is 30.5 Å². The number of hydrogen-bond donors (Lipinski definition) is 0. The Balaban J connectivity index is 1.97. The van der Waals surface area contributed by atoms with Crippen LogP contribution >= 0.6 is 11.6 Å². The van der Waals surface area contributed by atoms with Crippen LogP contribution in [-0.2, 0) is 4.74 Å². The number of nitrogens with zero attached hydrogens (tertiary/aromatic N) is 4. The summed E-state index contributed by atoms with van der Waals surface area (Å²) in [4.78, 5) is 6.60. The third kappa shape index (κ3) is 2.11. The van der Waals surface area contributed by atoms with Crippen LogP contribution < -0.4 is 4.90 Å². The summed E-state index contributed by atoms with van der Waals surface area (Å²) >= 11 is 5.95. The molecule has 18 heavy (non-hydrogen) atoms. The highest BCUT2D eigenvalue weighted by molar-refractivity contribution is 6.18. The van der Waals surface area contributed by atoms with Crippen molar-refractivity contribution in [3.63, 3.8) is 0 Å². The maximum Gasteiger partial charge on any atom is 0.246 e. The van der Waals surface area contributed by atoms with Gasteiger partial charge in [0.1, 0.15) is 5.52 Å². The molecule has 3 rings (SSSR count). The normalized spacial score (nSPS) is 20.3. The lowest BCUT2D eigenvalue weighted by atomic mass is 10.2. The Morgan fingerprint density at radius 1 is 1.28 bits per heavy atom. The first-order valence-corrected chi connectivity index (χ1v) is 6.42. The number of ether oxygens (including phenoxy) is 1. The molecule has 1 atom stereocenters. The van der Waals surface area contributed by atoms with Crippen LogP contribution in [0.4, 0.5) is 5.95 Å². The van der Waals surface area contributed by atoms with E-state index < -0.39 is 0 Å². The molecule has 0 amide bonds. The molecule has 1 saturated heterocycles. The van der Waals surface area contributed by atoms with E-state index in [4.69, 9.17) is 16.3 Å². The fraction of sp³-hybridized carbons (Fsp3) is 0.417. The van der Waals surface area contributed by atoms with Gasteiger partial charge in [-0.25, -0.2) is 4.98 Å². The molecule has 0 bridgehead atoms. The van der Waals surface area contributed by atoms with Crippen molar-refractivity contribution in [3.8, 4) is 0 Å². The molecule has 0 N–H and O–H groups in total. The van der Waals surface area contributed by atoms with E-state index in [1.54, 1.807) is 0 Å². The van der Waals surface area contributed by atoms with Crippen molar-refractivity contribution in [2.24, 2.45) is 0 Å². The Kier molecular flexibility index (Phi) is 3.25. The van der Waals surface area contributed by atoms with Crippen LogP contribution in [0, 0.1) is 0 Å². The second kappa shape index (κ2) is 5.04. The van der Waals surface area contributed by atoms with Crippen LogP contribution in [0.25, 0.3) is 11.0 Å². The largest absolute Gasteiger partial charge is 0.377 e. The second-order valence-electron chi connectivity index (χ2n) is 4.18. The number of morpholine rings is 1. The maximum atomic E-state index is 5.95. The Hall–Kier alpha value is -1.46. The molecule has 1 aromatic heterocycles. The molecule has 94 valence electrons. The van der Waals surface area contributed by atoms with Gasteiger partial charge in [0.25, 0.3) is 0 Å². The van der Waals surface area contributed by atoms with Crippen LogP contribution in [-0.4, -0.2) is 46.9 Å². The van der Waals surface area contributed by atoms with E-state index in [0.717, 1.165) is 17.6 Å². The van der Waals surface area contributed by atoms with E-state index in [1.165, 1.54) is 0 Å². The summed E-state index contributed by atoms with van der Waals surface area (Å²) in [6.07, 6.45) is 0. The number of alkyl halides is 1. The number of para-hydroxylation sites is 1. The first-order valence-electron chi connectivity index (χ1n) is 5.88. The topological polar surface area (TPSA) is 51.1 Å². The van der Waals surface area contributed by atoms with Crippen molar-refractivity contribution in [2.45, 2.75) is 6.04 Å². The monoisotopic (exact) mass is 264 g/mol. The molecule has 0 aliphatic carbocycles. The highest BCUT2D eigenvalue weighted by Crippen LogP contribution is 2.17. The van der Waals surface area contributed by atoms with Crippen molar-refractivity contribution in [1.29, 1.82) is 0 Å². The average molecular weight is 265 g/mol. The minimum atomic E-state index is 0.114.